The number of ether oxygens (including phenoxy) is 4. The van der Waals surface area contributed by atoms with E-state index in [-0.39, 0.29) is 0 Å². The minimum Gasteiger partial charge on any atom is -0.494 e. The number of benzene rings is 2. The lowest BCUT2D eigenvalue weighted by molar-refractivity contribution is 0.324. The summed E-state index contributed by atoms with van der Waals surface area (Å²) in [5, 5.41) is 11.6. The fourth-order valence-corrected chi connectivity index (χ4v) is 2.98. The smallest absolute Gasteiger partial charge is 0.216 e. The van der Waals surface area contributed by atoms with Gasteiger partial charge in [-0.05, 0) is 55.5 Å². The summed E-state index contributed by atoms with van der Waals surface area (Å²) in [5.74, 6) is 2.93. The fraction of sp³-hybridized carbons (Fsp3) is 0.250. The van der Waals surface area contributed by atoms with Gasteiger partial charge < -0.3 is 18.9 Å². The summed E-state index contributed by atoms with van der Waals surface area (Å²) < 4.78 is 23.6. The van der Waals surface area contributed by atoms with Crippen molar-refractivity contribution in [1.82, 2.24) is 14.9 Å². The van der Waals surface area contributed by atoms with Gasteiger partial charge in [-0.1, -0.05) is 0 Å². The second-order valence-corrected chi connectivity index (χ2v) is 6.18. The van der Waals surface area contributed by atoms with Crippen LogP contribution in [-0.2, 0) is 0 Å². The standard InChI is InChI=1S/C20H22N4O4S/c1-5-28-15-9-6-13(7-10-15)19-22-23-20(29)24(19)21-12-14-8-11-16(25-2)18(27-4)17(14)26-3/h6-12H,5H2,1-4H3,(H,23,29)/b21-12+. The number of aromatic nitrogens is 3. The highest BCUT2D eigenvalue weighted by atomic mass is 32.1. The number of H-pyrrole nitrogens is 1. The first-order valence-corrected chi connectivity index (χ1v) is 9.27. The molecule has 0 aliphatic carbocycles. The quantitative estimate of drug-likeness (QED) is 0.444. The van der Waals surface area contributed by atoms with Gasteiger partial charge in [0.25, 0.3) is 0 Å². The first-order chi connectivity index (χ1) is 14.1. The Morgan fingerprint density at radius 1 is 1.03 bits per heavy atom. The maximum atomic E-state index is 5.49. The van der Waals surface area contributed by atoms with Crippen molar-refractivity contribution in [2.45, 2.75) is 6.92 Å². The van der Waals surface area contributed by atoms with Gasteiger partial charge in [0, 0.05) is 11.1 Å². The summed E-state index contributed by atoms with van der Waals surface area (Å²) in [6, 6.07) is 11.2. The van der Waals surface area contributed by atoms with Gasteiger partial charge in [0.2, 0.25) is 10.5 Å². The fourth-order valence-electron chi connectivity index (χ4n) is 2.80. The third-order valence-electron chi connectivity index (χ3n) is 4.12. The number of hydrogen-bond donors (Lipinski definition) is 1. The molecule has 0 unspecified atom stereocenters. The normalized spacial score (nSPS) is 10.9. The van der Waals surface area contributed by atoms with Gasteiger partial charge in [0.1, 0.15) is 5.75 Å². The molecule has 0 spiro atoms. The van der Waals surface area contributed by atoms with Crippen molar-refractivity contribution in [3.05, 3.63) is 46.7 Å². The van der Waals surface area contributed by atoms with Crippen LogP contribution in [0.4, 0.5) is 0 Å². The number of rotatable bonds is 8. The highest BCUT2D eigenvalue weighted by Crippen LogP contribution is 2.39. The Bertz CT molecular complexity index is 1060. The van der Waals surface area contributed by atoms with Crippen LogP contribution in [0.5, 0.6) is 23.0 Å². The second kappa shape index (κ2) is 9.24. The monoisotopic (exact) mass is 414 g/mol. The minimum atomic E-state index is 0.365. The van der Waals surface area contributed by atoms with Crippen molar-refractivity contribution in [3.8, 4) is 34.4 Å². The molecule has 0 bridgehead atoms. The predicted octanol–water partition coefficient (Wildman–Crippen LogP) is 3.91. The zero-order chi connectivity index (χ0) is 20.8. The molecule has 0 aliphatic heterocycles. The largest absolute Gasteiger partial charge is 0.494 e. The Morgan fingerprint density at radius 2 is 1.76 bits per heavy atom. The van der Waals surface area contributed by atoms with Crippen LogP contribution in [0.2, 0.25) is 0 Å². The van der Waals surface area contributed by atoms with Crippen LogP contribution >= 0.6 is 12.2 Å². The first-order valence-electron chi connectivity index (χ1n) is 8.86. The lowest BCUT2D eigenvalue weighted by Crippen LogP contribution is -2.00. The Balaban J connectivity index is 1.99. The molecule has 0 fully saturated rings. The third-order valence-corrected chi connectivity index (χ3v) is 4.39. The Labute approximate surface area is 173 Å². The van der Waals surface area contributed by atoms with Crippen LogP contribution < -0.4 is 18.9 Å². The van der Waals surface area contributed by atoms with Gasteiger partial charge in [-0.3, -0.25) is 0 Å². The van der Waals surface area contributed by atoms with Gasteiger partial charge in [-0.2, -0.15) is 14.9 Å². The first kappa shape index (κ1) is 20.4. The summed E-state index contributed by atoms with van der Waals surface area (Å²) in [6.07, 6.45) is 1.63. The van der Waals surface area contributed by atoms with Crippen LogP contribution in [0.15, 0.2) is 41.5 Å². The topological polar surface area (TPSA) is 82.9 Å². The summed E-state index contributed by atoms with van der Waals surface area (Å²) in [7, 11) is 4.68. The SMILES string of the molecule is CCOc1ccc(-c2n[nH]c(=S)n2/N=C/c2ccc(OC)c(OC)c2OC)cc1. The summed E-state index contributed by atoms with van der Waals surface area (Å²) >= 11 is 5.34. The molecule has 0 aliphatic rings. The van der Waals surface area contributed by atoms with Crippen LogP contribution in [0.1, 0.15) is 12.5 Å². The molecule has 0 saturated heterocycles. The van der Waals surface area contributed by atoms with Crippen LogP contribution in [0, 0.1) is 4.77 Å². The van der Waals surface area contributed by atoms with Crippen molar-refractivity contribution in [2.75, 3.05) is 27.9 Å². The lowest BCUT2D eigenvalue weighted by atomic mass is 10.2. The van der Waals surface area contributed by atoms with Gasteiger partial charge in [0.05, 0.1) is 34.2 Å². The molecular formula is C20H22N4O4S. The van der Waals surface area contributed by atoms with Gasteiger partial charge in [-0.25, -0.2) is 5.10 Å². The molecule has 0 saturated carbocycles. The summed E-state index contributed by atoms with van der Waals surface area (Å²) in [6.45, 7) is 2.55. The molecule has 0 amide bonds. The van der Waals surface area contributed by atoms with Crippen molar-refractivity contribution in [1.29, 1.82) is 0 Å². The average Bonchev–Trinajstić information content (AvgIpc) is 3.12. The predicted molar refractivity (Wildman–Crippen MR) is 113 cm³/mol. The number of aromatic amines is 1. The Kier molecular flexibility index (Phi) is 6.50. The maximum Gasteiger partial charge on any atom is 0.216 e. The van der Waals surface area contributed by atoms with E-state index in [1.54, 1.807) is 38.3 Å². The van der Waals surface area contributed by atoms with Crippen LogP contribution in [0.25, 0.3) is 11.4 Å². The third kappa shape index (κ3) is 4.24. The number of nitrogens with zero attached hydrogens (tertiary/aromatic N) is 3. The van der Waals surface area contributed by atoms with E-state index < -0.39 is 0 Å². The Hall–Kier alpha value is -3.33. The van der Waals surface area contributed by atoms with Gasteiger partial charge in [0.15, 0.2) is 17.3 Å². The second-order valence-electron chi connectivity index (χ2n) is 5.79. The van der Waals surface area contributed by atoms with E-state index in [1.165, 1.54) is 0 Å². The van der Waals surface area contributed by atoms with Crippen molar-refractivity contribution in [2.24, 2.45) is 5.10 Å². The number of nitrogens with one attached hydrogen (secondary N) is 1. The van der Waals surface area contributed by atoms with E-state index in [0.717, 1.165) is 11.3 Å². The molecule has 3 rings (SSSR count). The molecule has 0 radical (unpaired) electrons. The number of methoxy groups -OCH3 is 3. The number of hydrogen-bond acceptors (Lipinski definition) is 7. The van der Waals surface area contributed by atoms with E-state index in [4.69, 9.17) is 31.2 Å². The highest BCUT2D eigenvalue weighted by Gasteiger charge is 2.15. The Morgan fingerprint density at radius 3 is 2.38 bits per heavy atom. The maximum absolute atomic E-state index is 5.49. The van der Waals surface area contributed by atoms with E-state index >= 15 is 0 Å². The molecule has 9 heteroatoms. The summed E-state index contributed by atoms with van der Waals surface area (Å²) in [5.41, 5.74) is 1.54. The minimum absolute atomic E-state index is 0.365. The van der Waals surface area contributed by atoms with Crippen molar-refractivity contribution < 1.29 is 18.9 Å². The molecule has 1 N–H and O–H groups in total. The van der Waals surface area contributed by atoms with E-state index in [1.807, 2.05) is 37.3 Å². The molecule has 3 aromatic rings. The molecule has 2 aromatic carbocycles. The molecule has 0 atom stereocenters. The molecular weight excluding hydrogens is 392 g/mol. The van der Waals surface area contributed by atoms with Crippen LogP contribution in [-0.4, -0.2) is 49.0 Å². The average molecular weight is 414 g/mol. The zero-order valence-electron chi connectivity index (χ0n) is 16.6. The zero-order valence-corrected chi connectivity index (χ0v) is 17.4. The van der Waals surface area contributed by atoms with Crippen molar-refractivity contribution >= 4 is 18.4 Å². The highest BCUT2D eigenvalue weighted by molar-refractivity contribution is 7.71. The van der Waals surface area contributed by atoms with E-state index in [0.29, 0.717) is 40.0 Å². The van der Waals surface area contributed by atoms with Crippen molar-refractivity contribution in [3.63, 3.8) is 0 Å². The van der Waals surface area contributed by atoms with E-state index in [2.05, 4.69) is 15.3 Å². The van der Waals surface area contributed by atoms with Crippen LogP contribution in [0.3, 0.4) is 0 Å². The molecule has 1 aromatic heterocycles. The van der Waals surface area contributed by atoms with E-state index in [9.17, 15) is 0 Å². The summed E-state index contributed by atoms with van der Waals surface area (Å²) in [4.78, 5) is 0. The van der Waals surface area contributed by atoms with Gasteiger partial charge >= 0.3 is 0 Å². The molecule has 152 valence electrons. The lowest BCUT2D eigenvalue weighted by Gasteiger charge is -2.13. The molecule has 8 nitrogen and oxygen atoms in total. The molecule has 29 heavy (non-hydrogen) atoms. The molecule has 1 heterocycles. The van der Waals surface area contributed by atoms with Gasteiger partial charge in [-0.15, -0.1) is 0 Å².